The number of carbonyl (C=O) groups is 1. The minimum atomic E-state index is -0.110. The van der Waals surface area contributed by atoms with Crippen molar-refractivity contribution in [2.45, 2.75) is 60.2 Å². The van der Waals surface area contributed by atoms with Crippen molar-refractivity contribution in [2.24, 2.45) is 0 Å². The lowest BCUT2D eigenvalue weighted by Crippen LogP contribution is -2.37. The summed E-state index contributed by atoms with van der Waals surface area (Å²) in [6.07, 6.45) is 2.38. The Morgan fingerprint density at radius 3 is 2.79 bits per heavy atom. The Morgan fingerprint density at radius 1 is 1.31 bits per heavy atom. The number of benzene rings is 1. The van der Waals surface area contributed by atoms with E-state index in [-0.39, 0.29) is 11.9 Å². The van der Waals surface area contributed by atoms with Crippen LogP contribution in [-0.4, -0.2) is 21.8 Å². The number of furan rings is 1. The molecule has 0 bridgehead atoms. The van der Waals surface area contributed by atoms with Gasteiger partial charge in [0.2, 0.25) is 0 Å². The topological polar surface area (TPSA) is 55.6 Å². The summed E-state index contributed by atoms with van der Waals surface area (Å²) in [4.78, 5) is 19.3. The van der Waals surface area contributed by atoms with E-state index in [0.29, 0.717) is 18.9 Å². The van der Waals surface area contributed by atoms with Crippen molar-refractivity contribution in [3.8, 4) is 5.75 Å². The molecule has 6 heteroatoms. The van der Waals surface area contributed by atoms with Gasteiger partial charge < -0.3 is 14.1 Å². The van der Waals surface area contributed by atoms with E-state index in [2.05, 4.69) is 44.8 Å². The summed E-state index contributed by atoms with van der Waals surface area (Å²) in [5.41, 5.74) is 4.43. The predicted octanol–water partition coefficient (Wildman–Crippen LogP) is 5.68. The number of aryl methyl sites for hydroxylation is 2. The third-order valence-electron chi connectivity index (χ3n) is 5.16. The fourth-order valence-electron chi connectivity index (χ4n) is 3.14. The highest BCUT2D eigenvalue weighted by atomic mass is 32.1. The van der Waals surface area contributed by atoms with Gasteiger partial charge in [-0.15, -0.1) is 11.3 Å². The Kier molecular flexibility index (Phi) is 6.75. The summed E-state index contributed by atoms with van der Waals surface area (Å²) in [7, 11) is 0. The molecule has 0 radical (unpaired) electrons. The monoisotopic (exact) mass is 412 g/mol. The van der Waals surface area contributed by atoms with Gasteiger partial charge in [0.05, 0.1) is 18.5 Å². The maximum atomic E-state index is 12.8. The van der Waals surface area contributed by atoms with Crippen molar-refractivity contribution >= 4 is 17.2 Å². The number of rotatable bonds is 8. The molecule has 2 heterocycles. The molecule has 0 aliphatic rings. The first-order valence-electron chi connectivity index (χ1n) is 9.87. The van der Waals surface area contributed by atoms with Crippen LogP contribution >= 0.6 is 11.3 Å². The van der Waals surface area contributed by atoms with Gasteiger partial charge in [-0.1, -0.05) is 13.0 Å². The number of aromatic nitrogens is 1. The number of nitrogens with zero attached hydrogens (tertiary/aromatic N) is 2. The van der Waals surface area contributed by atoms with E-state index >= 15 is 0 Å². The molecule has 5 nitrogen and oxygen atoms in total. The van der Waals surface area contributed by atoms with Gasteiger partial charge in [0.25, 0.3) is 5.91 Å². The van der Waals surface area contributed by atoms with Gasteiger partial charge in [0, 0.05) is 11.4 Å². The van der Waals surface area contributed by atoms with Crippen LogP contribution in [0.25, 0.3) is 0 Å². The molecule has 0 saturated carbocycles. The van der Waals surface area contributed by atoms with Gasteiger partial charge in [-0.3, -0.25) is 4.79 Å². The Morgan fingerprint density at radius 2 is 2.10 bits per heavy atom. The number of carbonyl (C=O) groups excluding carboxylic acids is 1. The van der Waals surface area contributed by atoms with E-state index in [9.17, 15) is 4.79 Å². The van der Waals surface area contributed by atoms with Gasteiger partial charge in [0.1, 0.15) is 17.4 Å². The van der Waals surface area contributed by atoms with Gasteiger partial charge in [-0.05, 0) is 69.0 Å². The lowest BCUT2D eigenvalue weighted by Gasteiger charge is -2.27. The molecule has 0 aliphatic heterocycles. The van der Waals surface area contributed by atoms with Crippen LogP contribution in [0.15, 0.2) is 40.3 Å². The molecule has 154 valence electrons. The molecular formula is C23H28N2O3S. The van der Waals surface area contributed by atoms with Gasteiger partial charge in [0.15, 0.2) is 5.76 Å². The molecule has 0 saturated heterocycles. The van der Waals surface area contributed by atoms with Crippen molar-refractivity contribution in [2.75, 3.05) is 0 Å². The summed E-state index contributed by atoms with van der Waals surface area (Å²) in [6.45, 7) is 11.2. The molecule has 0 unspecified atom stereocenters. The highest BCUT2D eigenvalue weighted by Crippen LogP contribution is 2.25. The fraction of sp³-hybridized carbons (Fsp3) is 0.391. The first-order valence-corrected chi connectivity index (χ1v) is 10.8. The van der Waals surface area contributed by atoms with Crippen molar-refractivity contribution in [3.05, 3.63) is 69.1 Å². The molecule has 1 atom stereocenters. The van der Waals surface area contributed by atoms with Gasteiger partial charge in [-0.2, -0.15) is 0 Å². The Balaban J connectivity index is 1.69. The molecule has 0 aliphatic carbocycles. The summed E-state index contributed by atoms with van der Waals surface area (Å²) in [5.74, 6) is 1.14. The molecule has 2 aromatic heterocycles. The number of hydrogen-bond donors (Lipinski definition) is 0. The SMILES string of the molecule is CC[C@@H](C)N(Cc1csc(COc2cc(C)cc(C)c2C)n1)C(=O)c1ccco1. The first-order chi connectivity index (χ1) is 13.9. The van der Waals surface area contributed by atoms with Crippen LogP contribution in [0.2, 0.25) is 0 Å². The Hall–Kier alpha value is -2.60. The van der Waals surface area contributed by atoms with E-state index in [0.717, 1.165) is 28.4 Å². The maximum Gasteiger partial charge on any atom is 0.290 e. The highest BCUT2D eigenvalue weighted by molar-refractivity contribution is 7.09. The van der Waals surface area contributed by atoms with Crippen LogP contribution in [0, 0.1) is 20.8 Å². The van der Waals surface area contributed by atoms with E-state index in [1.807, 2.05) is 17.2 Å². The largest absolute Gasteiger partial charge is 0.486 e. The number of ether oxygens (including phenoxy) is 1. The van der Waals surface area contributed by atoms with Crippen LogP contribution in [0.3, 0.4) is 0 Å². The Labute approximate surface area is 176 Å². The molecule has 1 aromatic carbocycles. The van der Waals surface area contributed by atoms with Crippen molar-refractivity contribution in [3.63, 3.8) is 0 Å². The lowest BCUT2D eigenvalue weighted by atomic mass is 10.1. The maximum absolute atomic E-state index is 12.8. The zero-order valence-electron chi connectivity index (χ0n) is 17.7. The quantitative estimate of drug-likeness (QED) is 0.477. The summed E-state index contributed by atoms with van der Waals surface area (Å²) in [6, 6.07) is 7.73. The highest BCUT2D eigenvalue weighted by Gasteiger charge is 2.23. The number of thiazole rings is 1. The molecule has 0 N–H and O–H groups in total. The average molecular weight is 413 g/mol. The molecule has 3 aromatic rings. The molecule has 29 heavy (non-hydrogen) atoms. The zero-order valence-corrected chi connectivity index (χ0v) is 18.5. The fourth-order valence-corrected chi connectivity index (χ4v) is 3.84. The second kappa shape index (κ2) is 9.27. The van der Waals surface area contributed by atoms with Gasteiger partial charge >= 0.3 is 0 Å². The minimum Gasteiger partial charge on any atom is -0.486 e. The van der Waals surface area contributed by atoms with Crippen molar-refractivity contribution < 1.29 is 13.9 Å². The third kappa shape index (κ3) is 5.07. The number of hydrogen-bond acceptors (Lipinski definition) is 5. The normalized spacial score (nSPS) is 12.0. The van der Waals surface area contributed by atoms with Gasteiger partial charge in [-0.25, -0.2) is 4.98 Å². The van der Waals surface area contributed by atoms with Crippen LogP contribution in [0.1, 0.15) is 58.2 Å². The molecular weight excluding hydrogens is 384 g/mol. The molecule has 0 fully saturated rings. The zero-order chi connectivity index (χ0) is 21.0. The standard InChI is InChI=1S/C23H28N2O3S/c1-6-17(4)25(23(26)20-8-7-9-27-20)12-19-14-29-22(24-19)13-28-21-11-15(2)10-16(3)18(21)5/h7-11,14,17H,6,12-13H2,1-5H3/t17-/m1/s1. The smallest absolute Gasteiger partial charge is 0.290 e. The van der Waals surface area contributed by atoms with E-state index in [4.69, 9.17) is 9.15 Å². The van der Waals surface area contributed by atoms with E-state index in [1.54, 1.807) is 23.5 Å². The minimum absolute atomic E-state index is 0.0897. The summed E-state index contributed by atoms with van der Waals surface area (Å²) in [5, 5.41) is 2.89. The summed E-state index contributed by atoms with van der Waals surface area (Å²) < 4.78 is 11.3. The van der Waals surface area contributed by atoms with E-state index in [1.165, 1.54) is 17.4 Å². The predicted molar refractivity (Wildman–Crippen MR) is 115 cm³/mol. The first kappa shape index (κ1) is 21.1. The average Bonchev–Trinajstić information content (AvgIpc) is 3.38. The second-order valence-corrected chi connectivity index (χ2v) is 8.34. The summed E-state index contributed by atoms with van der Waals surface area (Å²) >= 11 is 1.56. The second-order valence-electron chi connectivity index (χ2n) is 7.39. The molecule has 0 spiro atoms. The van der Waals surface area contributed by atoms with Crippen LogP contribution in [0.4, 0.5) is 0 Å². The molecule has 3 rings (SSSR count). The Bertz CT molecular complexity index is 963. The van der Waals surface area contributed by atoms with Crippen LogP contribution in [-0.2, 0) is 13.2 Å². The van der Waals surface area contributed by atoms with Crippen molar-refractivity contribution in [1.82, 2.24) is 9.88 Å². The lowest BCUT2D eigenvalue weighted by molar-refractivity contribution is 0.0636. The third-order valence-corrected chi connectivity index (χ3v) is 6.03. The van der Waals surface area contributed by atoms with Crippen LogP contribution < -0.4 is 4.74 Å². The number of amides is 1. The molecule has 1 amide bonds. The van der Waals surface area contributed by atoms with Crippen LogP contribution in [0.5, 0.6) is 5.75 Å². The van der Waals surface area contributed by atoms with Crippen molar-refractivity contribution in [1.29, 1.82) is 0 Å². The van der Waals surface area contributed by atoms with E-state index < -0.39 is 0 Å².